The van der Waals surface area contributed by atoms with Crippen LogP contribution < -0.4 is 16.1 Å². The van der Waals surface area contributed by atoms with E-state index in [4.69, 9.17) is 4.74 Å². The molecule has 2 aliphatic carbocycles. The summed E-state index contributed by atoms with van der Waals surface area (Å²) in [6.45, 7) is 2.04. The first kappa shape index (κ1) is 23.7. The molecule has 3 aromatic rings. The van der Waals surface area contributed by atoms with E-state index in [1.165, 1.54) is 28.6 Å². The number of allylic oxidation sites excluding steroid dienone is 6. The summed E-state index contributed by atoms with van der Waals surface area (Å²) in [7, 11) is 1.41. The number of hydrogen-bond acceptors (Lipinski definition) is 6. The Balaban J connectivity index is 1.46. The summed E-state index contributed by atoms with van der Waals surface area (Å²) >= 11 is 0. The summed E-state index contributed by atoms with van der Waals surface area (Å²) in [4.78, 5) is 52.2. The maximum Gasteiger partial charge on any atom is 0.347 e. The number of aromatic nitrogens is 3. The van der Waals surface area contributed by atoms with Crippen molar-refractivity contribution in [3.8, 4) is 11.5 Å². The van der Waals surface area contributed by atoms with E-state index in [1.807, 2.05) is 36.4 Å². The fourth-order valence-corrected chi connectivity index (χ4v) is 5.72. The van der Waals surface area contributed by atoms with Gasteiger partial charge < -0.3 is 9.84 Å². The average molecular weight is 512 g/mol. The predicted octanol–water partition coefficient (Wildman–Crippen LogP) is 2.70. The maximum absolute atomic E-state index is 13.3. The number of nitrogens with zero attached hydrogens (tertiary/aromatic N) is 3. The fraction of sp³-hybridized carbons (Fsp3) is 0.241. The number of rotatable bonds is 4. The van der Waals surface area contributed by atoms with Crippen molar-refractivity contribution in [2.75, 3.05) is 0 Å². The monoisotopic (exact) mass is 511 g/mol. The third-order valence-corrected chi connectivity index (χ3v) is 7.58. The van der Waals surface area contributed by atoms with Crippen molar-refractivity contribution in [3.05, 3.63) is 115 Å². The summed E-state index contributed by atoms with van der Waals surface area (Å²) in [5, 5.41) is 11.2. The quantitative estimate of drug-likeness (QED) is 0.426. The number of benzene rings is 2. The van der Waals surface area contributed by atoms with Crippen molar-refractivity contribution in [1.82, 2.24) is 13.9 Å². The van der Waals surface area contributed by atoms with E-state index in [-0.39, 0.29) is 30.3 Å². The molecule has 0 unspecified atom stereocenters. The third-order valence-electron chi connectivity index (χ3n) is 7.58. The van der Waals surface area contributed by atoms with E-state index in [2.05, 4.69) is 0 Å². The molecule has 2 heterocycles. The van der Waals surface area contributed by atoms with Crippen molar-refractivity contribution in [3.63, 3.8) is 0 Å². The molecule has 1 aliphatic heterocycles. The molecule has 3 aliphatic rings. The molecule has 9 heteroatoms. The lowest BCUT2D eigenvalue weighted by Gasteiger charge is -2.39. The van der Waals surface area contributed by atoms with Crippen LogP contribution in [0, 0.1) is 0 Å². The molecular formula is C29H25N3O6. The fourth-order valence-electron chi connectivity index (χ4n) is 5.72. The van der Waals surface area contributed by atoms with Gasteiger partial charge in [0.05, 0.1) is 12.6 Å². The summed E-state index contributed by atoms with van der Waals surface area (Å²) in [5.41, 5.74) is 2.08. The molecule has 9 nitrogen and oxygen atoms in total. The van der Waals surface area contributed by atoms with Crippen molar-refractivity contribution in [2.45, 2.75) is 38.5 Å². The highest BCUT2D eigenvalue weighted by molar-refractivity contribution is 6.23. The van der Waals surface area contributed by atoms with Gasteiger partial charge in [-0.15, -0.1) is 0 Å². The number of carbonyl (C=O) groups excluding carboxylic acids is 2. The molecule has 0 amide bonds. The normalized spacial score (nSPS) is 20.4. The predicted molar refractivity (Wildman–Crippen MR) is 138 cm³/mol. The van der Waals surface area contributed by atoms with E-state index in [9.17, 15) is 24.3 Å². The van der Waals surface area contributed by atoms with Crippen LogP contribution >= 0.6 is 0 Å². The highest BCUT2D eigenvalue weighted by atomic mass is 16.5. The zero-order valence-electron chi connectivity index (χ0n) is 20.9. The van der Waals surface area contributed by atoms with E-state index in [0.29, 0.717) is 40.2 Å². The third kappa shape index (κ3) is 3.53. The van der Waals surface area contributed by atoms with Crippen LogP contribution in [0.5, 0.6) is 11.5 Å². The van der Waals surface area contributed by atoms with Gasteiger partial charge in [0.15, 0.2) is 11.6 Å². The molecule has 2 atom stereocenters. The first-order chi connectivity index (χ1) is 18.3. The number of ketones is 2. The molecule has 192 valence electrons. The highest BCUT2D eigenvalue weighted by Gasteiger charge is 2.45. The van der Waals surface area contributed by atoms with Crippen molar-refractivity contribution in [2.24, 2.45) is 7.05 Å². The Kier molecular flexibility index (Phi) is 5.45. The van der Waals surface area contributed by atoms with Gasteiger partial charge in [-0.05, 0) is 30.2 Å². The van der Waals surface area contributed by atoms with Gasteiger partial charge in [-0.25, -0.2) is 23.5 Å². The van der Waals surface area contributed by atoms with Crippen LogP contribution in [0.15, 0.2) is 92.6 Å². The molecule has 0 saturated carbocycles. The Morgan fingerprint density at radius 3 is 2.53 bits per heavy atom. The lowest BCUT2D eigenvalue weighted by molar-refractivity contribution is -0.116. The van der Waals surface area contributed by atoms with Crippen molar-refractivity contribution < 1.29 is 19.4 Å². The second-order valence-electron chi connectivity index (χ2n) is 9.82. The Labute approximate surface area is 217 Å². The molecule has 0 radical (unpaired) electrons. The van der Waals surface area contributed by atoms with Crippen molar-refractivity contribution in [1.29, 1.82) is 0 Å². The number of carbonyl (C=O) groups is 2. The Bertz CT molecular complexity index is 1730. The van der Waals surface area contributed by atoms with Crippen LogP contribution in [0.2, 0.25) is 0 Å². The van der Waals surface area contributed by atoms with Gasteiger partial charge in [-0.3, -0.25) is 9.59 Å². The van der Waals surface area contributed by atoms with Gasteiger partial charge in [0.2, 0.25) is 0 Å². The summed E-state index contributed by atoms with van der Waals surface area (Å²) < 4.78 is 9.60. The zero-order chi connectivity index (χ0) is 26.7. The second kappa shape index (κ2) is 8.72. The molecule has 1 N–H and O–H groups in total. The van der Waals surface area contributed by atoms with E-state index < -0.39 is 23.3 Å². The van der Waals surface area contributed by atoms with Gasteiger partial charge in [0, 0.05) is 47.7 Å². The summed E-state index contributed by atoms with van der Waals surface area (Å²) in [5.74, 6) is -0.972. The number of hydrogen-bond donors (Lipinski definition) is 1. The zero-order valence-corrected chi connectivity index (χ0v) is 20.9. The van der Waals surface area contributed by atoms with Gasteiger partial charge in [0.25, 0.3) is 0 Å². The number of fused-ring (bicyclic) bond motifs is 3. The molecular weight excluding hydrogens is 486 g/mol. The maximum atomic E-state index is 13.3. The van der Waals surface area contributed by atoms with Gasteiger partial charge in [-0.2, -0.15) is 0 Å². The molecule has 38 heavy (non-hydrogen) atoms. The molecule has 2 aromatic carbocycles. The van der Waals surface area contributed by atoms with E-state index >= 15 is 0 Å². The SMILES string of the molecule is CC1=CC(=O)C2=C(C[C@@H]3C(=CCn4c(=O)n(C)c(=O)n43)[C@@H]2c2ccc(OCc3ccccc3)cc2O)C1=O. The Morgan fingerprint density at radius 2 is 1.79 bits per heavy atom. The van der Waals surface area contributed by atoms with Crippen LogP contribution in [0.25, 0.3) is 0 Å². The summed E-state index contributed by atoms with van der Waals surface area (Å²) in [6.07, 6.45) is 3.26. The number of aromatic hydroxyl groups is 1. The molecule has 6 rings (SSSR count). The van der Waals surface area contributed by atoms with Gasteiger partial charge in [0.1, 0.15) is 18.1 Å². The van der Waals surface area contributed by atoms with Crippen LogP contribution in [0.3, 0.4) is 0 Å². The lowest BCUT2D eigenvalue weighted by atomic mass is 9.68. The van der Waals surface area contributed by atoms with Crippen LogP contribution in [0.4, 0.5) is 0 Å². The minimum atomic E-state index is -0.760. The molecule has 0 fully saturated rings. The standard InChI is InChI=1S/C29H25N3O6/c1-16-12-24(34)26-21(27(16)35)14-22-19(10-11-31-28(36)30(2)29(37)32(22)31)25(26)20-9-8-18(13-23(20)33)38-15-17-6-4-3-5-7-17/h3-10,12-13,22,25,33H,11,14-15H2,1-2H3/t22-,25-/m1/s1. The largest absolute Gasteiger partial charge is 0.507 e. The smallest absolute Gasteiger partial charge is 0.347 e. The topological polar surface area (TPSA) is 113 Å². The van der Waals surface area contributed by atoms with Crippen LogP contribution in [-0.4, -0.2) is 30.6 Å². The van der Waals surface area contributed by atoms with E-state index in [1.54, 1.807) is 19.1 Å². The Hall–Kier alpha value is -4.66. The molecule has 0 spiro atoms. The average Bonchev–Trinajstić information content (AvgIpc) is 3.14. The molecule has 1 aromatic heterocycles. The first-order valence-electron chi connectivity index (χ1n) is 12.3. The van der Waals surface area contributed by atoms with Crippen LogP contribution in [-0.2, 0) is 29.8 Å². The summed E-state index contributed by atoms with van der Waals surface area (Å²) in [6, 6.07) is 13.9. The number of ether oxygens (including phenoxy) is 1. The van der Waals surface area contributed by atoms with Gasteiger partial charge >= 0.3 is 11.4 Å². The molecule has 0 bridgehead atoms. The number of Topliss-reactive ketones (excluding diaryl/α,β-unsaturated/α-hetero) is 1. The first-order valence-corrected chi connectivity index (χ1v) is 12.3. The number of phenolic OH excluding ortho intramolecular Hbond substituents is 1. The lowest BCUT2D eigenvalue weighted by Crippen LogP contribution is -2.40. The van der Waals surface area contributed by atoms with Crippen LogP contribution in [0.1, 0.15) is 36.4 Å². The molecule has 0 saturated heterocycles. The number of phenols is 1. The van der Waals surface area contributed by atoms with Gasteiger partial charge in [-0.1, -0.05) is 42.5 Å². The van der Waals surface area contributed by atoms with E-state index in [0.717, 1.165) is 10.1 Å². The minimum Gasteiger partial charge on any atom is -0.507 e. The Morgan fingerprint density at radius 1 is 1.03 bits per heavy atom. The van der Waals surface area contributed by atoms with Crippen molar-refractivity contribution >= 4 is 11.6 Å². The minimum absolute atomic E-state index is 0.0936. The second-order valence-corrected chi connectivity index (χ2v) is 9.82. The highest BCUT2D eigenvalue weighted by Crippen LogP contribution is 2.51.